The minimum Gasteiger partial charge on any atom is -0.468 e. The summed E-state index contributed by atoms with van der Waals surface area (Å²) < 4.78 is 26.4. The molecule has 13 heavy (non-hydrogen) atoms. The molecule has 0 heterocycles. The molecule has 0 saturated heterocycles. The molecule has 1 fully saturated rings. The topological polar surface area (TPSA) is 84.2 Å². The molecule has 1 rings (SSSR count). The third kappa shape index (κ3) is 1.40. The first-order valence-electron chi connectivity index (χ1n) is 3.57. The van der Waals surface area contributed by atoms with Crippen LogP contribution in [0.5, 0.6) is 0 Å². The highest BCUT2D eigenvalue weighted by Gasteiger charge is 2.67. The molecule has 0 N–H and O–H groups in total. The third-order valence-corrected chi connectivity index (χ3v) is 3.77. The van der Waals surface area contributed by atoms with Crippen molar-refractivity contribution in [3.8, 4) is 6.07 Å². The van der Waals surface area contributed by atoms with Gasteiger partial charge in [-0.3, -0.25) is 4.79 Å². The Bertz CT molecular complexity index is 380. The van der Waals surface area contributed by atoms with Crippen molar-refractivity contribution in [2.75, 3.05) is 13.4 Å². The van der Waals surface area contributed by atoms with Gasteiger partial charge in [-0.25, -0.2) is 8.42 Å². The molecule has 0 aliphatic heterocycles. The molecular weight excluding hydrogens is 194 g/mol. The van der Waals surface area contributed by atoms with Crippen molar-refractivity contribution in [2.24, 2.45) is 5.41 Å². The van der Waals surface area contributed by atoms with Crippen molar-refractivity contribution in [1.82, 2.24) is 0 Å². The summed E-state index contributed by atoms with van der Waals surface area (Å²) in [6, 6.07) is 1.71. The van der Waals surface area contributed by atoms with Crippen LogP contribution in [0.15, 0.2) is 0 Å². The lowest BCUT2D eigenvalue weighted by atomic mass is 10.1. The summed E-state index contributed by atoms with van der Waals surface area (Å²) in [7, 11) is -2.19. The highest BCUT2D eigenvalue weighted by Crippen LogP contribution is 2.50. The maximum absolute atomic E-state index is 11.1. The van der Waals surface area contributed by atoms with E-state index in [9.17, 15) is 13.2 Å². The normalized spacial score (nSPS) is 31.9. The van der Waals surface area contributed by atoms with E-state index in [1.54, 1.807) is 6.07 Å². The van der Waals surface area contributed by atoms with Crippen molar-refractivity contribution < 1.29 is 17.9 Å². The molecule has 0 amide bonds. The van der Waals surface area contributed by atoms with E-state index in [1.165, 1.54) is 0 Å². The van der Waals surface area contributed by atoms with Gasteiger partial charge in [-0.2, -0.15) is 5.26 Å². The Morgan fingerprint density at radius 3 is 2.46 bits per heavy atom. The summed E-state index contributed by atoms with van der Waals surface area (Å²) in [6.07, 6.45) is 1.06. The molecule has 1 saturated carbocycles. The molecular formula is C7H9NO4S. The summed E-state index contributed by atoms with van der Waals surface area (Å²) in [6.45, 7) is 0. The van der Waals surface area contributed by atoms with Gasteiger partial charge in [0.2, 0.25) is 0 Å². The van der Waals surface area contributed by atoms with Gasteiger partial charge in [-0.1, -0.05) is 0 Å². The van der Waals surface area contributed by atoms with Crippen molar-refractivity contribution >= 4 is 15.8 Å². The summed E-state index contributed by atoms with van der Waals surface area (Å²) >= 11 is 0. The van der Waals surface area contributed by atoms with Gasteiger partial charge in [0.05, 0.1) is 18.4 Å². The lowest BCUT2D eigenvalue weighted by molar-refractivity contribution is -0.144. The van der Waals surface area contributed by atoms with E-state index >= 15 is 0 Å². The van der Waals surface area contributed by atoms with Gasteiger partial charge in [0.1, 0.15) is 0 Å². The Labute approximate surface area is 76.2 Å². The summed E-state index contributed by atoms with van der Waals surface area (Å²) in [5.74, 6) is -0.759. The Morgan fingerprint density at radius 2 is 2.23 bits per heavy atom. The molecule has 1 aliphatic rings. The fourth-order valence-electron chi connectivity index (χ4n) is 1.31. The van der Waals surface area contributed by atoms with Gasteiger partial charge in [-0.05, 0) is 6.42 Å². The van der Waals surface area contributed by atoms with Crippen LogP contribution in [0, 0.1) is 16.7 Å². The third-order valence-electron chi connectivity index (χ3n) is 2.16. The molecule has 0 aromatic carbocycles. The number of hydrogen-bond donors (Lipinski definition) is 0. The van der Waals surface area contributed by atoms with Crippen LogP contribution in [0.2, 0.25) is 0 Å². The minimum atomic E-state index is -3.33. The molecule has 6 heteroatoms. The van der Waals surface area contributed by atoms with Gasteiger partial charge in [0.25, 0.3) is 0 Å². The highest BCUT2D eigenvalue weighted by atomic mass is 32.2. The molecule has 1 aliphatic carbocycles. The molecule has 2 atom stereocenters. The van der Waals surface area contributed by atoms with E-state index in [-0.39, 0.29) is 6.42 Å². The Kier molecular flexibility index (Phi) is 2.08. The number of sulfone groups is 1. The molecule has 2 unspecified atom stereocenters. The zero-order chi connectivity index (χ0) is 10.3. The van der Waals surface area contributed by atoms with Crippen LogP contribution in [-0.2, 0) is 19.4 Å². The first-order valence-corrected chi connectivity index (χ1v) is 5.52. The first-order chi connectivity index (χ1) is 5.88. The van der Waals surface area contributed by atoms with Crippen LogP contribution in [0.4, 0.5) is 0 Å². The maximum atomic E-state index is 11.1. The van der Waals surface area contributed by atoms with E-state index in [2.05, 4.69) is 4.74 Å². The number of nitriles is 1. The van der Waals surface area contributed by atoms with Crippen LogP contribution in [0.3, 0.4) is 0 Å². The number of nitrogens with zero attached hydrogens (tertiary/aromatic N) is 1. The highest BCUT2D eigenvalue weighted by molar-refractivity contribution is 7.91. The zero-order valence-electron chi connectivity index (χ0n) is 7.27. The lowest BCUT2D eigenvalue weighted by Gasteiger charge is -2.03. The second-order valence-corrected chi connectivity index (χ2v) is 5.33. The molecule has 0 spiro atoms. The first kappa shape index (κ1) is 9.99. The van der Waals surface area contributed by atoms with Gasteiger partial charge < -0.3 is 4.74 Å². The van der Waals surface area contributed by atoms with Crippen LogP contribution in [0.25, 0.3) is 0 Å². The fourth-order valence-corrected chi connectivity index (χ4v) is 2.76. The predicted molar refractivity (Wildman–Crippen MR) is 43.3 cm³/mol. The number of hydrogen-bond acceptors (Lipinski definition) is 5. The van der Waals surface area contributed by atoms with E-state index in [0.29, 0.717) is 0 Å². The van der Waals surface area contributed by atoms with Gasteiger partial charge in [0, 0.05) is 6.26 Å². The predicted octanol–water partition coefficient (Wildman–Crippen LogP) is -0.514. The summed E-state index contributed by atoms with van der Waals surface area (Å²) in [4.78, 5) is 11.1. The van der Waals surface area contributed by atoms with Crippen LogP contribution >= 0.6 is 0 Å². The maximum Gasteiger partial charge on any atom is 0.327 e. The number of esters is 1. The number of carbonyl (C=O) groups excluding carboxylic acids is 1. The standard InChI is InChI=1S/C7H9NO4S/c1-12-6(9)7(4-8)3-5(7)13(2,10)11/h5H,3H2,1-2H3. The number of methoxy groups -OCH3 is 1. The SMILES string of the molecule is COC(=O)C1(C#N)CC1S(C)(=O)=O. The van der Waals surface area contributed by atoms with E-state index < -0.39 is 26.5 Å². The molecule has 72 valence electrons. The average Bonchev–Trinajstić information content (AvgIpc) is 2.78. The molecule has 0 aromatic rings. The van der Waals surface area contributed by atoms with Crippen molar-refractivity contribution in [3.63, 3.8) is 0 Å². The van der Waals surface area contributed by atoms with E-state index in [1.807, 2.05) is 0 Å². The molecule has 0 aromatic heterocycles. The van der Waals surface area contributed by atoms with Crippen molar-refractivity contribution in [1.29, 1.82) is 5.26 Å². The summed E-state index contributed by atoms with van der Waals surface area (Å²) in [5.41, 5.74) is -1.44. The van der Waals surface area contributed by atoms with E-state index in [4.69, 9.17) is 5.26 Å². The van der Waals surface area contributed by atoms with E-state index in [0.717, 1.165) is 13.4 Å². The van der Waals surface area contributed by atoms with Crippen LogP contribution in [0.1, 0.15) is 6.42 Å². The monoisotopic (exact) mass is 203 g/mol. The van der Waals surface area contributed by atoms with Gasteiger partial charge in [-0.15, -0.1) is 0 Å². The Hall–Kier alpha value is -1.09. The zero-order valence-corrected chi connectivity index (χ0v) is 8.09. The number of ether oxygens (including phenoxy) is 1. The quantitative estimate of drug-likeness (QED) is 0.564. The average molecular weight is 203 g/mol. The number of carbonyl (C=O) groups is 1. The smallest absolute Gasteiger partial charge is 0.327 e. The fraction of sp³-hybridized carbons (Fsp3) is 0.714. The molecule has 0 radical (unpaired) electrons. The van der Waals surface area contributed by atoms with Gasteiger partial charge >= 0.3 is 5.97 Å². The second kappa shape index (κ2) is 2.70. The largest absolute Gasteiger partial charge is 0.468 e. The summed E-state index contributed by atoms with van der Waals surface area (Å²) in [5, 5.41) is 7.79. The van der Waals surface area contributed by atoms with Crippen molar-refractivity contribution in [3.05, 3.63) is 0 Å². The second-order valence-electron chi connectivity index (χ2n) is 3.10. The molecule has 5 nitrogen and oxygen atoms in total. The Balaban J connectivity index is 2.96. The number of rotatable bonds is 2. The van der Waals surface area contributed by atoms with Gasteiger partial charge in [0.15, 0.2) is 15.3 Å². The molecule has 0 bridgehead atoms. The van der Waals surface area contributed by atoms with Crippen molar-refractivity contribution in [2.45, 2.75) is 11.7 Å². The minimum absolute atomic E-state index is 0.0506. The van der Waals surface area contributed by atoms with Crippen LogP contribution < -0.4 is 0 Å². The Morgan fingerprint density at radius 1 is 1.69 bits per heavy atom. The lowest BCUT2D eigenvalue weighted by Crippen LogP contribution is -2.23. The van der Waals surface area contributed by atoms with Crippen LogP contribution in [-0.4, -0.2) is 33.0 Å².